The summed E-state index contributed by atoms with van der Waals surface area (Å²) >= 11 is 6.16. The van der Waals surface area contributed by atoms with Gasteiger partial charge in [-0.2, -0.15) is 5.10 Å². The number of rotatable bonds is 7. The number of hydrogen-bond acceptors (Lipinski definition) is 5. The van der Waals surface area contributed by atoms with E-state index in [1.54, 1.807) is 19.5 Å². The maximum absolute atomic E-state index is 6.16. The van der Waals surface area contributed by atoms with Crippen LogP contribution in [-0.2, 0) is 6.61 Å². The van der Waals surface area contributed by atoms with Gasteiger partial charge in [-0.15, -0.1) is 0 Å². The van der Waals surface area contributed by atoms with E-state index in [0.717, 1.165) is 11.1 Å². The molecule has 132 valence electrons. The standard InChI is InChI=1S/C20H18ClN3O2/c1-25-19-12-15(13-23-24-20-8-4-5-11-22-20)9-10-18(19)26-14-16-6-2-3-7-17(16)21/h2-13H,14H2,1H3,(H,22,24)/b23-13-. The molecule has 1 N–H and O–H groups in total. The summed E-state index contributed by atoms with van der Waals surface area (Å²) in [5.41, 5.74) is 4.66. The minimum atomic E-state index is 0.366. The van der Waals surface area contributed by atoms with Crippen molar-refractivity contribution < 1.29 is 9.47 Å². The predicted octanol–water partition coefficient (Wildman–Crippen LogP) is 4.77. The van der Waals surface area contributed by atoms with Crippen LogP contribution in [0.3, 0.4) is 0 Å². The second kappa shape index (κ2) is 8.87. The van der Waals surface area contributed by atoms with E-state index in [9.17, 15) is 0 Å². The van der Waals surface area contributed by atoms with E-state index in [-0.39, 0.29) is 0 Å². The van der Waals surface area contributed by atoms with Crippen molar-refractivity contribution in [2.45, 2.75) is 6.61 Å². The summed E-state index contributed by atoms with van der Waals surface area (Å²) < 4.78 is 11.3. The lowest BCUT2D eigenvalue weighted by Crippen LogP contribution is -1.99. The van der Waals surface area contributed by atoms with Gasteiger partial charge < -0.3 is 9.47 Å². The van der Waals surface area contributed by atoms with Crippen LogP contribution in [0.15, 0.2) is 72.0 Å². The molecule has 0 saturated heterocycles. The highest BCUT2D eigenvalue weighted by Crippen LogP contribution is 2.29. The first-order valence-corrected chi connectivity index (χ1v) is 8.38. The van der Waals surface area contributed by atoms with Gasteiger partial charge in [0.1, 0.15) is 12.4 Å². The topological polar surface area (TPSA) is 55.7 Å². The van der Waals surface area contributed by atoms with Crippen molar-refractivity contribution in [1.82, 2.24) is 4.98 Å². The molecular weight excluding hydrogens is 350 g/mol. The van der Waals surface area contributed by atoms with Crippen molar-refractivity contribution in [3.05, 3.63) is 83.0 Å². The van der Waals surface area contributed by atoms with Crippen LogP contribution in [0.4, 0.5) is 5.82 Å². The normalized spacial score (nSPS) is 10.7. The summed E-state index contributed by atoms with van der Waals surface area (Å²) in [5, 5.41) is 4.85. The van der Waals surface area contributed by atoms with Crippen LogP contribution < -0.4 is 14.9 Å². The molecule has 2 aromatic carbocycles. The summed E-state index contributed by atoms with van der Waals surface area (Å²) in [7, 11) is 1.60. The Kier molecular flexibility index (Phi) is 6.06. The highest BCUT2D eigenvalue weighted by atomic mass is 35.5. The Hall–Kier alpha value is -3.05. The molecule has 0 bridgehead atoms. The minimum Gasteiger partial charge on any atom is -0.493 e. The van der Waals surface area contributed by atoms with Crippen molar-refractivity contribution in [2.75, 3.05) is 12.5 Å². The highest BCUT2D eigenvalue weighted by Gasteiger charge is 2.07. The molecule has 0 spiro atoms. The molecule has 0 atom stereocenters. The molecule has 3 rings (SSSR count). The largest absolute Gasteiger partial charge is 0.493 e. The van der Waals surface area contributed by atoms with E-state index in [0.29, 0.717) is 28.9 Å². The Balaban J connectivity index is 1.66. The Bertz CT molecular complexity index is 885. The van der Waals surface area contributed by atoms with Crippen molar-refractivity contribution in [3.8, 4) is 11.5 Å². The van der Waals surface area contributed by atoms with Crippen LogP contribution in [0.1, 0.15) is 11.1 Å². The fourth-order valence-electron chi connectivity index (χ4n) is 2.26. The lowest BCUT2D eigenvalue weighted by atomic mass is 10.2. The third-order valence-corrected chi connectivity index (χ3v) is 3.96. The van der Waals surface area contributed by atoms with Gasteiger partial charge in [0.05, 0.1) is 13.3 Å². The number of hydrazone groups is 1. The fraction of sp³-hybridized carbons (Fsp3) is 0.100. The molecule has 0 amide bonds. The monoisotopic (exact) mass is 367 g/mol. The summed E-state index contributed by atoms with van der Waals surface area (Å²) in [6, 6.07) is 18.8. The Morgan fingerprint density at radius 3 is 2.69 bits per heavy atom. The summed E-state index contributed by atoms with van der Waals surface area (Å²) in [6.45, 7) is 0.366. The van der Waals surface area contributed by atoms with E-state index >= 15 is 0 Å². The molecule has 0 aliphatic heterocycles. The van der Waals surface area contributed by atoms with Gasteiger partial charge in [-0.1, -0.05) is 35.9 Å². The van der Waals surface area contributed by atoms with Crippen molar-refractivity contribution >= 4 is 23.6 Å². The Morgan fingerprint density at radius 2 is 1.92 bits per heavy atom. The van der Waals surface area contributed by atoms with Crippen molar-refractivity contribution in [2.24, 2.45) is 5.10 Å². The van der Waals surface area contributed by atoms with E-state index in [2.05, 4.69) is 15.5 Å². The molecule has 0 saturated carbocycles. The average Bonchev–Trinajstić information content (AvgIpc) is 2.68. The highest BCUT2D eigenvalue weighted by molar-refractivity contribution is 6.31. The second-order valence-corrected chi connectivity index (χ2v) is 5.78. The number of ether oxygens (including phenoxy) is 2. The number of halogens is 1. The predicted molar refractivity (Wildman–Crippen MR) is 104 cm³/mol. The molecule has 26 heavy (non-hydrogen) atoms. The van der Waals surface area contributed by atoms with Gasteiger partial charge in [-0.3, -0.25) is 5.43 Å². The molecule has 6 heteroatoms. The summed E-state index contributed by atoms with van der Waals surface area (Å²) in [5.74, 6) is 1.94. The number of pyridine rings is 1. The third-order valence-electron chi connectivity index (χ3n) is 3.59. The number of nitrogens with one attached hydrogen (secondary N) is 1. The molecule has 0 unspecified atom stereocenters. The van der Waals surface area contributed by atoms with Crippen molar-refractivity contribution in [3.63, 3.8) is 0 Å². The maximum atomic E-state index is 6.16. The summed E-state index contributed by atoms with van der Waals surface area (Å²) in [6.07, 6.45) is 3.39. The zero-order chi connectivity index (χ0) is 18.2. The number of nitrogens with zero attached hydrogens (tertiary/aromatic N) is 2. The molecule has 1 heterocycles. The zero-order valence-electron chi connectivity index (χ0n) is 14.2. The SMILES string of the molecule is COc1cc(/C=N\Nc2ccccn2)ccc1OCc1ccccc1Cl. The Labute approximate surface area is 157 Å². The number of anilines is 1. The van der Waals surface area contributed by atoms with Gasteiger partial charge in [0.25, 0.3) is 0 Å². The Morgan fingerprint density at radius 1 is 1.08 bits per heavy atom. The van der Waals surface area contributed by atoms with Gasteiger partial charge in [-0.25, -0.2) is 4.98 Å². The average molecular weight is 368 g/mol. The second-order valence-electron chi connectivity index (χ2n) is 5.38. The van der Waals surface area contributed by atoms with Crippen LogP contribution in [0.2, 0.25) is 5.02 Å². The molecule has 0 fully saturated rings. The number of methoxy groups -OCH3 is 1. The number of benzene rings is 2. The number of hydrogen-bond donors (Lipinski definition) is 1. The van der Waals surface area contributed by atoms with Crippen LogP contribution in [0, 0.1) is 0 Å². The molecule has 0 aliphatic rings. The van der Waals surface area contributed by atoms with Crippen LogP contribution in [0.25, 0.3) is 0 Å². The van der Waals surface area contributed by atoms with Gasteiger partial charge in [0, 0.05) is 16.8 Å². The lowest BCUT2D eigenvalue weighted by Gasteiger charge is -2.12. The minimum absolute atomic E-state index is 0.366. The molecule has 1 aromatic heterocycles. The van der Waals surface area contributed by atoms with Crippen LogP contribution >= 0.6 is 11.6 Å². The first-order valence-electron chi connectivity index (χ1n) is 8.00. The van der Waals surface area contributed by atoms with Crippen LogP contribution in [-0.4, -0.2) is 18.3 Å². The van der Waals surface area contributed by atoms with Crippen LogP contribution in [0.5, 0.6) is 11.5 Å². The molecule has 3 aromatic rings. The molecular formula is C20H18ClN3O2. The van der Waals surface area contributed by atoms with Crippen molar-refractivity contribution in [1.29, 1.82) is 0 Å². The maximum Gasteiger partial charge on any atom is 0.161 e. The van der Waals surface area contributed by atoms with Gasteiger partial charge >= 0.3 is 0 Å². The van der Waals surface area contributed by atoms with Gasteiger partial charge in [-0.05, 0) is 42.0 Å². The van der Waals surface area contributed by atoms with E-state index in [4.69, 9.17) is 21.1 Å². The first kappa shape index (κ1) is 17.8. The number of aromatic nitrogens is 1. The third kappa shape index (κ3) is 4.74. The fourth-order valence-corrected chi connectivity index (χ4v) is 2.45. The zero-order valence-corrected chi connectivity index (χ0v) is 15.0. The van der Waals surface area contributed by atoms with E-state index in [1.165, 1.54) is 0 Å². The molecule has 0 aliphatic carbocycles. The summed E-state index contributed by atoms with van der Waals surface area (Å²) in [4.78, 5) is 4.14. The lowest BCUT2D eigenvalue weighted by molar-refractivity contribution is 0.284. The first-order chi connectivity index (χ1) is 12.8. The van der Waals surface area contributed by atoms with E-state index < -0.39 is 0 Å². The van der Waals surface area contributed by atoms with Gasteiger partial charge in [0.15, 0.2) is 11.5 Å². The molecule has 5 nitrogen and oxygen atoms in total. The van der Waals surface area contributed by atoms with E-state index in [1.807, 2.05) is 60.7 Å². The quantitative estimate of drug-likeness (QED) is 0.483. The molecule has 0 radical (unpaired) electrons. The smallest absolute Gasteiger partial charge is 0.161 e. The van der Waals surface area contributed by atoms with Gasteiger partial charge in [0.2, 0.25) is 0 Å².